The Hall–Kier alpha value is -3.74. The maximum atomic E-state index is 12.5. The van der Waals surface area contributed by atoms with Gasteiger partial charge in [-0.2, -0.15) is 4.98 Å². The van der Waals surface area contributed by atoms with Gasteiger partial charge in [0.15, 0.2) is 0 Å². The number of carbonyl (C=O) groups is 1. The molecule has 0 aliphatic heterocycles. The molecule has 0 saturated carbocycles. The first-order chi connectivity index (χ1) is 13.3. The average Bonchev–Trinajstić information content (AvgIpc) is 3.37. The minimum atomic E-state index is -0.195. The van der Waals surface area contributed by atoms with E-state index < -0.39 is 0 Å². The molecule has 0 atom stereocenters. The highest BCUT2D eigenvalue weighted by molar-refractivity contribution is 5.92. The van der Waals surface area contributed by atoms with Crippen LogP contribution >= 0.6 is 0 Å². The van der Waals surface area contributed by atoms with E-state index in [9.17, 15) is 4.79 Å². The van der Waals surface area contributed by atoms with Crippen molar-refractivity contribution in [1.29, 1.82) is 0 Å². The molecule has 0 unspecified atom stereocenters. The van der Waals surface area contributed by atoms with Crippen LogP contribution < -0.4 is 5.32 Å². The molecule has 0 spiro atoms. The number of nitrogens with zero attached hydrogens (tertiary/aromatic N) is 4. The predicted octanol–water partition coefficient (Wildman–Crippen LogP) is 2.91. The van der Waals surface area contributed by atoms with Crippen molar-refractivity contribution in [1.82, 2.24) is 25.0 Å². The van der Waals surface area contributed by atoms with Crippen molar-refractivity contribution in [3.63, 3.8) is 0 Å². The highest BCUT2D eigenvalue weighted by Gasteiger charge is 2.13. The molecular weight excluding hydrogens is 342 g/mol. The summed E-state index contributed by atoms with van der Waals surface area (Å²) in [5.41, 5.74) is 2.51. The summed E-state index contributed by atoms with van der Waals surface area (Å²) < 4.78 is 7.11. The summed E-state index contributed by atoms with van der Waals surface area (Å²) in [6.07, 6.45) is 5.21. The van der Waals surface area contributed by atoms with Crippen molar-refractivity contribution in [2.75, 3.05) is 0 Å². The molecular formula is C20H17N5O2. The van der Waals surface area contributed by atoms with Crippen LogP contribution in [-0.2, 0) is 13.1 Å². The first-order valence-corrected chi connectivity index (χ1v) is 8.50. The van der Waals surface area contributed by atoms with Crippen LogP contribution in [0.2, 0.25) is 0 Å². The molecule has 0 aliphatic carbocycles. The Labute approximate surface area is 155 Å². The number of amides is 1. The fourth-order valence-corrected chi connectivity index (χ4v) is 2.73. The zero-order valence-corrected chi connectivity index (χ0v) is 14.4. The Morgan fingerprint density at radius 3 is 2.67 bits per heavy atom. The Morgan fingerprint density at radius 2 is 1.85 bits per heavy atom. The molecule has 0 bridgehead atoms. The Morgan fingerprint density at radius 1 is 1.04 bits per heavy atom. The summed E-state index contributed by atoms with van der Waals surface area (Å²) in [6.45, 7) is 0.788. The molecule has 4 aromatic rings. The van der Waals surface area contributed by atoms with Crippen LogP contribution in [0, 0.1) is 0 Å². The highest BCUT2D eigenvalue weighted by atomic mass is 16.5. The quantitative estimate of drug-likeness (QED) is 0.572. The second-order valence-electron chi connectivity index (χ2n) is 5.94. The standard InChI is InChI=1S/C20H17N5O2/c26-20(17-7-4-12-25(17)14-15-5-2-1-3-6-15)22-13-18-23-19(24-27-18)16-8-10-21-11-9-16/h1-12H,13-14H2,(H,22,26). The first-order valence-electron chi connectivity index (χ1n) is 8.50. The maximum Gasteiger partial charge on any atom is 0.268 e. The lowest BCUT2D eigenvalue weighted by atomic mass is 10.2. The summed E-state index contributed by atoms with van der Waals surface area (Å²) in [7, 11) is 0. The molecule has 1 aromatic carbocycles. The molecule has 3 aromatic heterocycles. The van der Waals surface area contributed by atoms with E-state index in [0.29, 0.717) is 24.0 Å². The van der Waals surface area contributed by atoms with E-state index in [4.69, 9.17) is 4.52 Å². The normalized spacial score (nSPS) is 10.7. The summed E-state index contributed by atoms with van der Waals surface area (Å²) in [5.74, 6) is 0.616. The molecule has 7 nitrogen and oxygen atoms in total. The number of rotatable bonds is 6. The van der Waals surface area contributed by atoms with Gasteiger partial charge in [-0.25, -0.2) is 0 Å². The van der Waals surface area contributed by atoms with Crippen molar-refractivity contribution >= 4 is 5.91 Å². The number of benzene rings is 1. The monoisotopic (exact) mass is 359 g/mol. The number of nitrogens with one attached hydrogen (secondary N) is 1. The molecule has 0 saturated heterocycles. The number of aromatic nitrogens is 4. The third-order valence-electron chi connectivity index (χ3n) is 4.06. The largest absolute Gasteiger partial charge is 0.342 e. The highest BCUT2D eigenvalue weighted by Crippen LogP contribution is 2.14. The van der Waals surface area contributed by atoms with E-state index in [1.807, 2.05) is 47.2 Å². The van der Waals surface area contributed by atoms with Gasteiger partial charge in [0.1, 0.15) is 5.69 Å². The van der Waals surface area contributed by atoms with Crippen LogP contribution in [0.25, 0.3) is 11.4 Å². The van der Waals surface area contributed by atoms with Crippen molar-refractivity contribution in [2.45, 2.75) is 13.1 Å². The van der Waals surface area contributed by atoms with Crippen LogP contribution in [0.4, 0.5) is 0 Å². The molecule has 1 amide bonds. The fourth-order valence-electron chi connectivity index (χ4n) is 2.73. The van der Waals surface area contributed by atoms with Crippen molar-refractivity contribution in [3.8, 4) is 11.4 Å². The summed E-state index contributed by atoms with van der Waals surface area (Å²) >= 11 is 0. The van der Waals surface area contributed by atoms with Gasteiger partial charge in [-0.15, -0.1) is 0 Å². The third-order valence-corrected chi connectivity index (χ3v) is 4.06. The van der Waals surface area contributed by atoms with E-state index in [2.05, 4.69) is 20.4 Å². The minimum Gasteiger partial charge on any atom is -0.342 e. The van der Waals surface area contributed by atoms with Crippen LogP contribution in [0.3, 0.4) is 0 Å². The van der Waals surface area contributed by atoms with E-state index in [1.165, 1.54) is 0 Å². The van der Waals surface area contributed by atoms with E-state index in [0.717, 1.165) is 11.1 Å². The van der Waals surface area contributed by atoms with Gasteiger partial charge in [-0.05, 0) is 29.8 Å². The topological polar surface area (TPSA) is 85.8 Å². The van der Waals surface area contributed by atoms with Gasteiger partial charge >= 0.3 is 0 Å². The van der Waals surface area contributed by atoms with Crippen LogP contribution in [-0.4, -0.2) is 25.6 Å². The second kappa shape index (κ2) is 7.65. The molecule has 0 fully saturated rings. The zero-order chi connectivity index (χ0) is 18.5. The summed E-state index contributed by atoms with van der Waals surface area (Å²) in [4.78, 5) is 20.8. The molecule has 0 radical (unpaired) electrons. The number of hydrogen-bond donors (Lipinski definition) is 1. The molecule has 134 valence electrons. The molecule has 27 heavy (non-hydrogen) atoms. The van der Waals surface area contributed by atoms with E-state index in [-0.39, 0.29) is 12.5 Å². The van der Waals surface area contributed by atoms with E-state index in [1.54, 1.807) is 30.6 Å². The van der Waals surface area contributed by atoms with Crippen molar-refractivity contribution < 1.29 is 9.32 Å². The minimum absolute atomic E-state index is 0.160. The summed E-state index contributed by atoms with van der Waals surface area (Å²) in [5, 5.41) is 6.75. The molecule has 4 rings (SSSR count). The van der Waals surface area contributed by atoms with Gasteiger partial charge in [0.05, 0.1) is 6.54 Å². The lowest BCUT2D eigenvalue weighted by Gasteiger charge is -2.09. The van der Waals surface area contributed by atoms with Gasteiger partial charge in [-0.3, -0.25) is 9.78 Å². The molecule has 3 heterocycles. The fraction of sp³-hybridized carbons (Fsp3) is 0.100. The average molecular weight is 359 g/mol. The number of hydrogen-bond acceptors (Lipinski definition) is 5. The smallest absolute Gasteiger partial charge is 0.268 e. The van der Waals surface area contributed by atoms with Gasteiger partial charge in [0.25, 0.3) is 5.91 Å². The van der Waals surface area contributed by atoms with Gasteiger partial charge in [-0.1, -0.05) is 35.5 Å². The van der Waals surface area contributed by atoms with Crippen LogP contribution in [0.5, 0.6) is 0 Å². The van der Waals surface area contributed by atoms with Gasteiger partial charge in [0.2, 0.25) is 11.7 Å². The third kappa shape index (κ3) is 3.92. The lowest BCUT2D eigenvalue weighted by Crippen LogP contribution is -2.25. The maximum absolute atomic E-state index is 12.5. The Bertz CT molecular complexity index is 1020. The molecule has 7 heteroatoms. The Kier molecular flexibility index (Phi) is 4.74. The van der Waals surface area contributed by atoms with E-state index >= 15 is 0 Å². The Balaban J connectivity index is 1.41. The predicted molar refractivity (Wildman–Crippen MR) is 98.7 cm³/mol. The second-order valence-corrected chi connectivity index (χ2v) is 5.94. The first kappa shape index (κ1) is 16.7. The molecule has 0 aliphatic rings. The van der Waals surface area contributed by atoms with Gasteiger partial charge < -0.3 is 14.4 Å². The number of carbonyl (C=O) groups excluding carboxylic acids is 1. The van der Waals surface area contributed by atoms with Crippen LogP contribution in [0.15, 0.2) is 77.7 Å². The molecule has 1 N–H and O–H groups in total. The van der Waals surface area contributed by atoms with Crippen LogP contribution in [0.1, 0.15) is 21.9 Å². The summed E-state index contributed by atoms with van der Waals surface area (Å²) in [6, 6.07) is 17.2. The van der Waals surface area contributed by atoms with Crippen molar-refractivity contribution in [2.24, 2.45) is 0 Å². The SMILES string of the molecule is O=C(NCc1nc(-c2ccncc2)no1)c1cccn1Cc1ccccc1. The number of pyridine rings is 1. The lowest BCUT2D eigenvalue weighted by molar-refractivity contribution is 0.0937. The zero-order valence-electron chi connectivity index (χ0n) is 14.4. The van der Waals surface area contributed by atoms with Crippen molar-refractivity contribution in [3.05, 3.63) is 90.3 Å². The van der Waals surface area contributed by atoms with Gasteiger partial charge in [0, 0.05) is 30.7 Å².